The Morgan fingerprint density at radius 1 is 1.14 bits per heavy atom. The molecule has 2 aromatic rings. The van der Waals surface area contributed by atoms with Crippen molar-refractivity contribution in [3.63, 3.8) is 0 Å². The molecule has 7 nitrogen and oxygen atoms in total. The fourth-order valence-electron chi connectivity index (χ4n) is 4.82. The molecule has 1 saturated heterocycles. The number of rotatable bonds is 9. The first-order chi connectivity index (χ1) is 17.3. The van der Waals surface area contributed by atoms with Gasteiger partial charge in [-0.3, -0.25) is 9.59 Å². The van der Waals surface area contributed by atoms with Crippen LogP contribution in [-0.4, -0.2) is 59.1 Å². The summed E-state index contributed by atoms with van der Waals surface area (Å²) in [4.78, 5) is 28.0. The molecule has 4 rings (SSSR count). The van der Waals surface area contributed by atoms with Crippen molar-refractivity contribution in [2.75, 3.05) is 19.6 Å². The highest BCUT2D eigenvalue weighted by molar-refractivity contribution is 5.97. The van der Waals surface area contributed by atoms with Crippen molar-refractivity contribution in [2.24, 2.45) is 0 Å². The largest absolute Gasteiger partial charge is 0.390 e. The number of amides is 2. The Morgan fingerprint density at radius 2 is 1.81 bits per heavy atom. The predicted molar refractivity (Wildman–Crippen MR) is 138 cm³/mol. The van der Waals surface area contributed by atoms with Crippen LogP contribution in [0.15, 0.2) is 48.5 Å². The molecule has 0 aromatic heterocycles. The smallest absolute Gasteiger partial charge is 0.251 e. The number of nitrogens with one attached hydrogen (secondary N) is 2. The minimum atomic E-state index is -0.750. The van der Waals surface area contributed by atoms with Gasteiger partial charge in [0.05, 0.1) is 17.2 Å². The van der Waals surface area contributed by atoms with Crippen LogP contribution < -0.4 is 10.6 Å². The van der Waals surface area contributed by atoms with E-state index < -0.39 is 11.6 Å². The number of hydrogen-bond donors (Lipinski definition) is 3. The molecule has 1 aliphatic heterocycles. The van der Waals surface area contributed by atoms with Gasteiger partial charge in [0, 0.05) is 30.6 Å². The van der Waals surface area contributed by atoms with Crippen molar-refractivity contribution in [3.8, 4) is 6.07 Å². The zero-order valence-electron chi connectivity index (χ0n) is 21.2. The SMILES string of the molecule is Cc1ccc([C@@H]2C[C@H]2NCCC[C@H](NC(=O)c2ccc(C#N)cc2)C(=O)N2CCC(C)(O)CC2)cc1. The van der Waals surface area contributed by atoms with Crippen molar-refractivity contribution in [1.29, 1.82) is 5.26 Å². The molecule has 0 radical (unpaired) electrons. The van der Waals surface area contributed by atoms with E-state index in [1.165, 1.54) is 11.1 Å². The summed E-state index contributed by atoms with van der Waals surface area (Å²) in [7, 11) is 0. The van der Waals surface area contributed by atoms with E-state index in [9.17, 15) is 14.7 Å². The third kappa shape index (κ3) is 6.71. The van der Waals surface area contributed by atoms with Crippen LogP contribution >= 0.6 is 0 Å². The number of nitrogens with zero attached hydrogens (tertiary/aromatic N) is 2. The van der Waals surface area contributed by atoms with Gasteiger partial charge in [-0.1, -0.05) is 29.8 Å². The van der Waals surface area contributed by atoms with Crippen molar-refractivity contribution in [2.45, 2.75) is 69.6 Å². The van der Waals surface area contributed by atoms with Gasteiger partial charge in [-0.2, -0.15) is 5.26 Å². The van der Waals surface area contributed by atoms with Gasteiger partial charge in [0.25, 0.3) is 5.91 Å². The first-order valence-corrected chi connectivity index (χ1v) is 12.9. The molecule has 2 aliphatic rings. The number of nitriles is 1. The highest BCUT2D eigenvalue weighted by atomic mass is 16.3. The van der Waals surface area contributed by atoms with Gasteiger partial charge in [-0.05, 0) is 82.3 Å². The lowest BCUT2D eigenvalue weighted by atomic mass is 9.93. The average molecular weight is 489 g/mol. The maximum Gasteiger partial charge on any atom is 0.251 e. The third-order valence-corrected chi connectivity index (χ3v) is 7.40. The van der Waals surface area contributed by atoms with E-state index in [4.69, 9.17) is 5.26 Å². The van der Waals surface area contributed by atoms with Crippen LogP contribution in [0.25, 0.3) is 0 Å². The normalized spacial score (nSPS) is 21.3. The van der Waals surface area contributed by atoms with Gasteiger partial charge in [0.2, 0.25) is 5.91 Å². The molecule has 3 atom stereocenters. The highest BCUT2D eigenvalue weighted by Gasteiger charge is 2.38. The second-order valence-electron chi connectivity index (χ2n) is 10.5. The minimum Gasteiger partial charge on any atom is -0.390 e. The Labute approximate surface area is 213 Å². The maximum absolute atomic E-state index is 13.3. The first kappa shape index (κ1) is 25.9. The Bertz CT molecular complexity index is 1090. The lowest BCUT2D eigenvalue weighted by Gasteiger charge is -2.37. The van der Waals surface area contributed by atoms with E-state index >= 15 is 0 Å². The molecule has 2 amide bonds. The lowest BCUT2D eigenvalue weighted by Crippen LogP contribution is -2.53. The highest BCUT2D eigenvalue weighted by Crippen LogP contribution is 2.40. The van der Waals surface area contributed by atoms with Crippen LogP contribution in [0.1, 0.15) is 72.0 Å². The summed E-state index contributed by atoms with van der Waals surface area (Å²) in [5.74, 6) is 0.119. The molecule has 190 valence electrons. The fraction of sp³-hybridized carbons (Fsp3) is 0.483. The number of benzene rings is 2. The van der Waals surface area contributed by atoms with Gasteiger partial charge in [-0.25, -0.2) is 0 Å². The van der Waals surface area contributed by atoms with Crippen LogP contribution in [0.2, 0.25) is 0 Å². The van der Waals surface area contributed by atoms with E-state index in [2.05, 4.69) is 41.8 Å². The summed E-state index contributed by atoms with van der Waals surface area (Å²) in [6, 6.07) is 17.0. The summed E-state index contributed by atoms with van der Waals surface area (Å²) in [6.07, 6.45) is 3.46. The summed E-state index contributed by atoms with van der Waals surface area (Å²) in [5, 5.41) is 25.8. The molecule has 1 saturated carbocycles. The molecule has 2 fully saturated rings. The summed E-state index contributed by atoms with van der Waals surface area (Å²) < 4.78 is 0. The van der Waals surface area contributed by atoms with E-state index in [0.717, 1.165) is 19.4 Å². The Kier molecular flexibility index (Phi) is 8.07. The van der Waals surface area contributed by atoms with Crippen molar-refractivity contribution in [1.82, 2.24) is 15.5 Å². The van der Waals surface area contributed by atoms with Gasteiger partial charge in [0.15, 0.2) is 0 Å². The summed E-state index contributed by atoms with van der Waals surface area (Å²) in [5.41, 5.74) is 2.78. The second-order valence-corrected chi connectivity index (χ2v) is 10.5. The van der Waals surface area contributed by atoms with Crippen molar-refractivity contribution in [3.05, 3.63) is 70.8 Å². The van der Waals surface area contributed by atoms with E-state index in [0.29, 0.717) is 55.4 Å². The third-order valence-electron chi connectivity index (χ3n) is 7.40. The number of aliphatic hydroxyl groups is 1. The number of carbonyl (C=O) groups excluding carboxylic acids is 2. The number of hydrogen-bond acceptors (Lipinski definition) is 5. The van der Waals surface area contributed by atoms with Gasteiger partial charge in [-0.15, -0.1) is 0 Å². The predicted octanol–water partition coefficient (Wildman–Crippen LogP) is 3.26. The van der Waals surface area contributed by atoms with Gasteiger partial charge >= 0.3 is 0 Å². The van der Waals surface area contributed by atoms with E-state index in [-0.39, 0.29) is 11.8 Å². The average Bonchev–Trinajstić information content (AvgIpc) is 3.65. The Balaban J connectivity index is 1.32. The monoisotopic (exact) mass is 488 g/mol. The Morgan fingerprint density at radius 3 is 2.44 bits per heavy atom. The molecule has 1 aliphatic carbocycles. The second kappa shape index (κ2) is 11.2. The lowest BCUT2D eigenvalue weighted by molar-refractivity contribution is -0.137. The number of likely N-dealkylation sites (tertiary alicyclic amines) is 1. The first-order valence-electron chi connectivity index (χ1n) is 12.9. The van der Waals surface area contributed by atoms with Crippen LogP contribution in [-0.2, 0) is 4.79 Å². The molecule has 36 heavy (non-hydrogen) atoms. The topological polar surface area (TPSA) is 105 Å². The zero-order valence-corrected chi connectivity index (χ0v) is 21.2. The molecule has 3 N–H and O–H groups in total. The zero-order chi connectivity index (χ0) is 25.7. The van der Waals surface area contributed by atoms with Crippen LogP contribution in [0.5, 0.6) is 0 Å². The standard InChI is InChI=1S/C29H36N4O3/c1-20-5-9-22(10-6-20)24-18-26(24)31-15-3-4-25(28(35)33-16-13-29(2,36)14-17-33)32-27(34)23-11-7-21(19-30)8-12-23/h5-12,24-26,31,36H,3-4,13-18H2,1-2H3,(H,32,34)/t24-,25-,26+/m0/s1. The van der Waals surface area contributed by atoms with Crippen LogP contribution in [0, 0.1) is 18.3 Å². The molecule has 0 unspecified atom stereocenters. The molecular weight excluding hydrogens is 452 g/mol. The van der Waals surface area contributed by atoms with Gasteiger partial charge < -0.3 is 20.6 Å². The molecule has 7 heteroatoms. The summed E-state index contributed by atoms with van der Waals surface area (Å²) >= 11 is 0. The van der Waals surface area contributed by atoms with Crippen molar-refractivity contribution >= 4 is 11.8 Å². The minimum absolute atomic E-state index is 0.101. The molecule has 0 spiro atoms. The Hall–Kier alpha value is -3.21. The number of piperidine rings is 1. The molecule has 0 bridgehead atoms. The quantitative estimate of drug-likeness (QED) is 0.470. The van der Waals surface area contributed by atoms with Gasteiger partial charge in [0.1, 0.15) is 6.04 Å². The molecule has 2 aromatic carbocycles. The number of carbonyl (C=O) groups is 2. The van der Waals surface area contributed by atoms with E-state index in [1.54, 1.807) is 36.1 Å². The van der Waals surface area contributed by atoms with E-state index in [1.807, 2.05) is 6.07 Å². The van der Waals surface area contributed by atoms with Crippen molar-refractivity contribution < 1.29 is 14.7 Å². The molecule has 1 heterocycles. The molecular formula is C29H36N4O3. The number of aryl methyl sites for hydroxylation is 1. The van der Waals surface area contributed by atoms with Crippen LogP contribution in [0.4, 0.5) is 0 Å². The fourth-order valence-corrected chi connectivity index (χ4v) is 4.82. The maximum atomic E-state index is 13.3. The summed E-state index contributed by atoms with van der Waals surface area (Å²) in [6.45, 7) is 5.63. The van der Waals surface area contributed by atoms with Crippen LogP contribution in [0.3, 0.4) is 0 Å².